The van der Waals surface area contributed by atoms with Gasteiger partial charge in [0.25, 0.3) is 0 Å². The Morgan fingerprint density at radius 2 is 2.13 bits per heavy atom. The van der Waals surface area contributed by atoms with E-state index in [2.05, 4.69) is 0 Å². The van der Waals surface area contributed by atoms with Gasteiger partial charge in [-0.15, -0.1) is 0 Å². The van der Waals surface area contributed by atoms with Gasteiger partial charge in [-0.3, -0.25) is 4.79 Å². The molecule has 3 heteroatoms. The van der Waals surface area contributed by atoms with Crippen LogP contribution in [0, 0.1) is 0 Å². The summed E-state index contributed by atoms with van der Waals surface area (Å²) in [5, 5.41) is 8.74. The van der Waals surface area contributed by atoms with Gasteiger partial charge in [0.05, 0.1) is 6.26 Å². The molecule has 0 aliphatic carbocycles. The average molecular weight is 202 g/mol. The molecule has 3 nitrogen and oxygen atoms in total. The van der Waals surface area contributed by atoms with Crippen LogP contribution < -0.4 is 0 Å². The third-order valence-corrected chi connectivity index (χ3v) is 2.13. The zero-order chi connectivity index (χ0) is 10.7. The molecule has 0 saturated carbocycles. The lowest BCUT2D eigenvalue weighted by atomic mass is 10.1. The number of Topliss-reactive ketones (excluding diaryl/α,β-unsaturated/α-hetero) is 1. The molecule has 1 heterocycles. The van der Waals surface area contributed by atoms with Crippen LogP contribution >= 0.6 is 0 Å². The molecule has 1 aromatic heterocycles. The molecule has 0 aliphatic rings. The van der Waals surface area contributed by atoms with E-state index in [1.54, 1.807) is 30.5 Å². The summed E-state index contributed by atoms with van der Waals surface area (Å²) in [4.78, 5) is 11.3. The molecule has 0 saturated heterocycles. The molecule has 0 radical (unpaired) electrons. The summed E-state index contributed by atoms with van der Waals surface area (Å²) < 4.78 is 5.21. The third kappa shape index (κ3) is 1.97. The van der Waals surface area contributed by atoms with Crippen molar-refractivity contribution in [1.29, 1.82) is 0 Å². The Morgan fingerprint density at radius 1 is 1.27 bits per heavy atom. The van der Waals surface area contributed by atoms with E-state index in [4.69, 9.17) is 9.52 Å². The van der Waals surface area contributed by atoms with Crippen LogP contribution in [-0.2, 0) is 0 Å². The first kappa shape index (κ1) is 9.68. The van der Waals surface area contributed by atoms with E-state index in [9.17, 15) is 4.79 Å². The quantitative estimate of drug-likeness (QED) is 0.775. The number of benzene rings is 1. The van der Waals surface area contributed by atoms with Gasteiger partial charge >= 0.3 is 0 Å². The van der Waals surface area contributed by atoms with Crippen molar-refractivity contribution in [2.45, 2.75) is 0 Å². The van der Waals surface area contributed by atoms with Crippen LogP contribution in [0.1, 0.15) is 10.4 Å². The summed E-state index contributed by atoms with van der Waals surface area (Å²) in [5.41, 5.74) is 1.32. The van der Waals surface area contributed by atoms with Gasteiger partial charge in [0.2, 0.25) is 0 Å². The maximum Gasteiger partial charge on any atom is 0.188 e. The summed E-state index contributed by atoms with van der Waals surface area (Å²) in [6.45, 7) is -0.471. The minimum absolute atomic E-state index is 0.289. The average Bonchev–Trinajstić information content (AvgIpc) is 2.82. The molecule has 2 rings (SSSR count). The van der Waals surface area contributed by atoms with Crippen molar-refractivity contribution in [3.8, 4) is 11.3 Å². The van der Waals surface area contributed by atoms with Crippen LogP contribution in [0.3, 0.4) is 0 Å². The molecule has 2 aromatic rings. The fourth-order valence-corrected chi connectivity index (χ4v) is 1.38. The number of hydrogen-bond acceptors (Lipinski definition) is 3. The highest BCUT2D eigenvalue weighted by atomic mass is 16.3. The summed E-state index contributed by atoms with van der Waals surface area (Å²) in [6, 6.07) is 10.6. The molecule has 0 fully saturated rings. The second-order valence-corrected chi connectivity index (χ2v) is 3.14. The van der Waals surface area contributed by atoms with Crippen molar-refractivity contribution in [2.24, 2.45) is 0 Å². The number of carbonyl (C=O) groups excluding carboxylic acids is 1. The van der Waals surface area contributed by atoms with E-state index in [1.807, 2.05) is 12.1 Å². The lowest BCUT2D eigenvalue weighted by Gasteiger charge is -2.00. The van der Waals surface area contributed by atoms with Crippen molar-refractivity contribution >= 4 is 5.78 Å². The van der Waals surface area contributed by atoms with Gasteiger partial charge in [-0.25, -0.2) is 0 Å². The number of hydrogen-bond donors (Lipinski definition) is 1. The van der Waals surface area contributed by atoms with Crippen molar-refractivity contribution in [3.63, 3.8) is 0 Å². The van der Waals surface area contributed by atoms with E-state index in [1.165, 1.54) is 0 Å². The first-order valence-electron chi connectivity index (χ1n) is 4.59. The minimum Gasteiger partial charge on any atom is -0.464 e. The number of carbonyl (C=O) groups is 1. The van der Waals surface area contributed by atoms with Gasteiger partial charge in [0.15, 0.2) is 5.78 Å². The number of furan rings is 1. The summed E-state index contributed by atoms with van der Waals surface area (Å²) in [5.74, 6) is 0.422. The Morgan fingerprint density at radius 3 is 2.80 bits per heavy atom. The zero-order valence-electron chi connectivity index (χ0n) is 8.01. The second-order valence-electron chi connectivity index (χ2n) is 3.14. The smallest absolute Gasteiger partial charge is 0.188 e. The SMILES string of the molecule is O=C(CO)c1cccc(-c2ccco2)c1. The van der Waals surface area contributed by atoms with Gasteiger partial charge in [-0.2, -0.15) is 0 Å². The van der Waals surface area contributed by atoms with E-state index in [-0.39, 0.29) is 5.78 Å². The standard InChI is InChI=1S/C12H10O3/c13-8-11(14)9-3-1-4-10(7-9)12-5-2-6-15-12/h1-7,13H,8H2. The minimum atomic E-state index is -0.471. The molecule has 76 valence electrons. The predicted molar refractivity (Wildman–Crippen MR) is 55.6 cm³/mol. The van der Waals surface area contributed by atoms with Gasteiger partial charge < -0.3 is 9.52 Å². The van der Waals surface area contributed by atoms with Crippen LogP contribution in [0.4, 0.5) is 0 Å². The zero-order valence-corrected chi connectivity index (χ0v) is 8.01. The molecule has 1 N–H and O–H groups in total. The first-order valence-corrected chi connectivity index (χ1v) is 4.59. The summed E-state index contributed by atoms with van der Waals surface area (Å²) in [6.07, 6.45) is 1.58. The highest BCUT2D eigenvalue weighted by molar-refractivity contribution is 5.97. The molecule has 0 spiro atoms. The van der Waals surface area contributed by atoms with Crippen molar-refractivity contribution in [3.05, 3.63) is 48.2 Å². The summed E-state index contributed by atoms with van der Waals surface area (Å²) in [7, 11) is 0. The van der Waals surface area contributed by atoms with E-state index in [0.29, 0.717) is 11.3 Å². The molecular weight excluding hydrogens is 192 g/mol. The van der Waals surface area contributed by atoms with Crippen molar-refractivity contribution in [2.75, 3.05) is 6.61 Å². The number of rotatable bonds is 3. The topological polar surface area (TPSA) is 50.4 Å². The Labute approximate surface area is 87.0 Å². The highest BCUT2D eigenvalue weighted by Gasteiger charge is 2.06. The first-order chi connectivity index (χ1) is 7.31. The van der Waals surface area contributed by atoms with Crippen LogP contribution in [0.5, 0.6) is 0 Å². The maximum atomic E-state index is 11.3. The van der Waals surface area contributed by atoms with Gasteiger partial charge in [-0.1, -0.05) is 18.2 Å². The molecule has 0 bridgehead atoms. The van der Waals surface area contributed by atoms with Crippen LogP contribution in [0.15, 0.2) is 47.1 Å². The Hall–Kier alpha value is -1.87. The van der Waals surface area contributed by atoms with Gasteiger partial charge in [0, 0.05) is 11.1 Å². The predicted octanol–water partition coefficient (Wildman–Crippen LogP) is 2.12. The van der Waals surface area contributed by atoms with Crippen molar-refractivity contribution in [1.82, 2.24) is 0 Å². The van der Waals surface area contributed by atoms with Gasteiger partial charge in [-0.05, 0) is 18.2 Å². The molecular formula is C12H10O3. The maximum absolute atomic E-state index is 11.3. The normalized spacial score (nSPS) is 10.2. The monoisotopic (exact) mass is 202 g/mol. The third-order valence-electron chi connectivity index (χ3n) is 2.13. The molecule has 0 amide bonds. The largest absolute Gasteiger partial charge is 0.464 e. The van der Waals surface area contributed by atoms with E-state index in [0.717, 1.165) is 5.56 Å². The fraction of sp³-hybridized carbons (Fsp3) is 0.0833. The highest BCUT2D eigenvalue weighted by Crippen LogP contribution is 2.20. The van der Waals surface area contributed by atoms with Crippen molar-refractivity contribution < 1.29 is 14.3 Å². The van der Waals surface area contributed by atoms with Crippen LogP contribution in [-0.4, -0.2) is 17.5 Å². The van der Waals surface area contributed by atoms with Gasteiger partial charge in [0.1, 0.15) is 12.4 Å². The fourth-order valence-electron chi connectivity index (χ4n) is 1.38. The number of aliphatic hydroxyl groups is 1. The lowest BCUT2D eigenvalue weighted by Crippen LogP contribution is -2.03. The van der Waals surface area contributed by atoms with Crippen LogP contribution in [0.2, 0.25) is 0 Å². The number of ketones is 1. The lowest BCUT2D eigenvalue weighted by molar-refractivity contribution is 0.0904. The molecule has 1 aromatic carbocycles. The Bertz CT molecular complexity index is 457. The molecule has 0 unspecified atom stereocenters. The summed E-state index contributed by atoms with van der Waals surface area (Å²) >= 11 is 0. The van der Waals surface area contributed by atoms with E-state index >= 15 is 0 Å². The Kier molecular flexibility index (Phi) is 2.65. The Balaban J connectivity index is 2.39. The van der Waals surface area contributed by atoms with E-state index < -0.39 is 6.61 Å². The van der Waals surface area contributed by atoms with Crippen LogP contribution in [0.25, 0.3) is 11.3 Å². The molecule has 15 heavy (non-hydrogen) atoms. The second kappa shape index (κ2) is 4.11. The molecule has 0 atom stereocenters. The number of aliphatic hydroxyl groups excluding tert-OH is 1. The molecule has 0 aliphatic heterocycles.